The number of furan rings is 1. The second-order valence-electron chi connectivity index (χ2n) is 13.7. The third kappa shape index (κ3) is 9.95. The van der Waals surface area contributed by atoms with Gasteiger partial charge in [0.2, 0.25) is 0 Å². The Kier molecular flexibility index (Phi) is 16.7. The average Bonchev–Trinajstić information content (AvgIpc) is 3.69. The summed E-state index contributed by atoms with van der Waals surface area (Å²) in [7, 11) is -5.58. The molecule has 13 heteroatoms. The fraction of sp³-hybridized carbons (Fsp3) is 0.0588. The number of benzene rings is 6. The van der Waals surface area contributed by atoms with Crippen LogP contribution in [0.25, 0.3) is 32.9 Å². The zero-order valence-electron chi connectivity index (χ0n) is 34.5. The van der Waals surface area contributed by atoms with Gasteiger partial charge in [0.05, 0.1) is 0 Å². The van der Waals surface area contributed by atoms with E-state index in [0.717, 1.165) is 31.8 Å². The molecule has 7 nitrogen and oxygen atoms in total. The van der Waals surface area contributed by atoms with Gasteiger partial charge in [0.1, 0.15) is 27.9 Å². The van der Waals surface area contributed by atoms with Gasteiger partial charge in [0.15, 0.2) is 19.8 Å². The Labute approximate surface area is 408 Å². The van der Waals surface area contributed by atoms with Crippen LogP contribution in [0.5, 0.6) is 5.75 Å². The normalized spacial score (nSPS) is 12.8. The number of fused-ring (bicyclic) bond motifs is 5. The van der Waals surface area contributed by atoms with Crippen LogP contribution < -0.4 is 26.8 Å². The Bertz CT molecular complexity index is 3030. The van der Waals surface area contributed by atoms with Gasteiger partial charge in [0.25, 0.3) is 5.78 Å². The van der Waals surface area contributed by atoms with Crippen molar-refractivity contribution in [2.24, 2.45) is 0 Å². The first kappa shape index (κ1) is 49.6. The summed E-state index contributed by atoms with van der Waals surface area (Å²) in [4.78, 5) is 23.3. The summed E-state index contributed by atoms with van der Waals surface area (Å²) in [5.74, 6) is -3.59. The van der Waals surface area contributed by atoms with E-state index >= 15 is 0 Å². The van der Waals surface area contributed by atoms with Gasteiger partial charge in [-0.1, -0.05) is 177 Å². The monoisotopic (exact) mass is 1040 g/mol. The topological polar surface area (TPSA) is 115 Å². The smallest absolute Gasteiger partial charge is 0.455 e. The summed E-state index contributed by atoms with van der Waals surface area (Å²) in [6.07, 6.45) is 1.71. The first-order valence-electron chi connectivity index (χ1n) is 19.5. The molecule has 6 aromatic carbocycles. The number of hydrogen-bond acceptors (Lipinski definition) is 7. The van der Waals surface area contributed by atoms with Crippen molar-refractivity contribution >= 4 is 74.2 Å². The molecular formula is C51H41EuF3O7P2. The number of allylic oxidation sites excluding steroid dienone is 6. The van der Waals surface area contributed by atoms with Crippen molar-refractivity contribution in [1.82, 2.24) is 0 Å². The van der Waals surface area contributed by atoms with Gasteiger partial charge in [-0.3, -0.25) is 4.79 Å². The fourth-order valence-corrected chi connectivity index (χ4v) is 12.5. The van der Waals surface area contributed by atoms with Crippen molar-refractivity contribution in [2.45, 2.75) is 20.0 Å². The molecule has 0 fully saturated rings. The minimum Gasteiger partial charge on any atom is -0.506 e. The third-order valence-corrected chi connectivity index (χ3v) is 16.5. The van der Waals surface area contributed by atoms with Crippen LogP contribution in [0.3, 0.4) is 0 Å². The van der Waals surface area contributed by atoms with Crippen LogP contribution in [-0.2, 0) is 9.13 Å². The van der Waals surface area contributed by atoms with Crippen molar-refractivity contribution in [3.05, 3.63) is 222 Å². The maximum Gasteiger partial charge on any atom is 0.455 e. The van der Waals surface area contributed by atoms with Crippen LogP contribution in [0, 0.1) is 49.4 Å². The summed E-state index contributed by atoms with van der Waals surface area (Å²) in [6.45, 7) is 11.3. The van der Waals surface area contributed by atoms with Crippen LogP contribution in [0.1, 0.15) is 24.2 Å². The van der Waals surface area contributed by atoms with E-state index in [9.17, 15) is 37.0 Å². The number of ketones is 1. The number of Topliss-reactive ketones (excluding diaryl/α,β-unsaturated/α-hetero) is 1. The first-order chi connectivity index (χ1) is 30.2. The molecule has 0 spiro atoms. The summed E-state index contributed by atoms with van der Waals surface area (Å²) in [5, 5.41) is 16.1. The number of alkyl halides is 3. The molecule has 1 radical (unpaired) electrons. The molecule has 1 N–H and O–H groups in total. The largest absolute Gasteiger partial charge is 0.506 e. The first-order valence-corrected chi connectivity index (χ1v) is 22.9. The SMILES string of the molecule is C=C/C(=C\C)P(=O)(/C(C=C)=C/C)c1ccccc1.O=C(c1c(O)c2c(ccc3c4ccccc4oc32)oc1=O)C(F)(F)F.O=P(c1ccccc1)(c1ccccc1)c1ccccc1.[Eu]. The van der Waals surface area contributed by atoms with Crippen LogP contribution >= 0.6 is 14.3 Å². The molecule has 0 aliphatic heterocycles. The Morgan fingerprint density at radius 1 is 0.594 bits per heavy atom. The second-order valence-corrected chi connectivity index (χ2v) is 19.3. The molecule has 0 saturated carbocycles. The average molecular weight is 1040 g/mol. The molecule has 0 aliphatic carbocycles. The molecule has 0 atom stereocenters. The van der Waals surface area contributed by atoms with Crippen molar-refractivity contribution < 1.29 is 90.4 Å². The maximum atomic E-state index is 13.8. The standard InChI is InChI=1S/C18H15OP.C17H7F3O5.C16H19OP.Eu/c19-20(16-10-4-1-5-11-16,17-12-6-2-7-13-17)18-14-8-3-9-15-18;18-17(19,20)15(22)12-13(21)11-10(25-16(12)23)6-5-8-7-3-1-2-4-9(7)24-14(8)11;1-5-14(6-2)18(17,15(7-3)8-4)16-12-10-9-11-13-16;/h1-15H;1-6,21H;5-13H,1,3H2,2,4H3;/b;;14-6+,15-8+;. The van der Waals surface area contributed by atoms with Crippen molar-refractivity contribution in [1.29, 1.82) is 0 Å². The number of aromatic hydroxyl groups is 1. The van der Waals surface area contributed by atoms with E-state index in [1.165, 1.54) is 6.07 Å². The minimum atomic E-state index is -5.33. The molecule has 0 saturated heterocycles. The van der Waals surface area contributed by atoms with Gasteiger partial charge in [-0.2, -0.15) is 13.2 Å². The summed E-state index contributed by atoms with van der Waals surface area (Å²) in [5.41, 5.74) is -2.76. The van der Waals surface area contributed by atoms with Gasteiger partial charge in [0, 0.05) is 92.0 Å². The molecule has 0 bridgehead atoms. The Morgan fingerprint density at radius 2 is 1.02 bits per heavy atom. The zero-order chi connectivity index (χ0) is 45.4. The molecule has 0 unspecified atom stereocenters. The molecule has 8 aromatic rings. The number of carbonyl (C=O) groups excluding carboxylic acids is 1. The van der Waals surface area contributed by atoms with Crippen LogP contribution in [-0.4, -0.2) is 17.1 Å². The van der Waals surface area contributed by atoms with Crippen LogP contribution in [0.4, 0.5) is 13.2 Å². The van der Waals surface area contributed by atoms with Crippen molar-refractivity contribution in [3.8, 4) is 5.75 Å². The van der Waals surface area contributed by atoms with E-state index in [-0.39, 0.29) is 65.9 Å². The Hall–Kier alpha value is -5.41. The summed E-state index contributed by atoms with van der Waals surface area (Å²) in [6, 6.07) is 48.3. The summed E-state index contributed by atoms with van der Waals surface area (Å²) >= 11 is 0. The van der Waals surface area contributed by atoms with Gasteiger partial charge in [-0.05, 0) is 32.0 Å². The molecule has 325 valence electrons. The number of para-hydroxylation sites is 1. The predicted molar refractivity (Wildman–Crippen MR) is 249 cm³/mol. The molecule has 0 aliphatic rings. The quantitative estimate of drug-likeness (QED) is 0.0663. The minimum absolute atomic E-state index is 0. The van der Waals surface area contributed by atoms with E-state index < -0.39 is 43.2 Å². The van der Waals surface area contributed by atoms with E-state index in [1.807, 2.05) is 147 Å². The van der Waals surface area contributed by atoms with Crippen LogP contribution in [0.2, 0.25) is 0 Å². The van der Waals surface area contributed by atoms with Crippen LogP contribution in [0.15, 0.2) is 219 Å². The van der Waals surface area contributed by atoms with Gasteiger partial charge in [-0.25, -0.2) is 4.79 Å². The van der Waals surface area contributed by atoms with Gasteiger partial charge < -0.3 is 23.1 Å². The maximum absolute atomic E-state index is 13.8. The zero-order valence-corrected chi connectivity index (χ0v) is 38.8. The molecular weight excluding hydrogens is 995 g/mol. The molecule has 8 rings (SSSR count). The predicted octanol–water partition coefficient (Wildman–Crippen LogP) is 12.3. The third-order valence-electron chi connectivity index (χ3n) is 10.1. The summed E-state index contributed by atoms with van der Waals surface area (Å²) < 4.78 is 75.8. The number of halogens is 3. The van der Waals surface area contributed by atoms with E-state index in [4.69, 9.17) is 8.83 Å². The number of carbonyl (C=O) groups is 1. The molecule has 2 heterocycles. The van der Waals surface area contributed by atoms with E-state index in [2.05, 4.69) is 13.2 Å². The molecule has 64 heavy (non-hydrogen) atoms. The second kappa shape index (κ2) is 21.5. The van der Waals surface area contributed by atoms with Gasteiger partial charge >= 0.3 is 11.8 Å². The fourth-order valence-electron chi connectivity index (χ4n) is 7.10. The molecule has 0 amide bonds. The van der Waals surface area contributed by atoms with Crippen molar-refractivity contribution in [3.63, 3.8) is 0 Å². The van der Waals surface area contributed by atoms with E-state index in [1.54, 1.807) is 42.5 Å². The number of hydrogen-bond donors (Lipinski definition) is 1. The molecule has 2 aromatic heterocycles. The van der Waals surface area contributed by atoms with Crippen molar-refractivity contribution in [2.75, 3.05) is 0 Å². The Morgan fingerprint density at radius 3 is 1.44 bits per heavy atom. The Balaban J connectivity index is 0.000000182. The van der Waals surface area contributed by atoms with Gasteiger partial charge in [-0.15, -0.1) is 0 Å². The van der Waals surface area contributed by atoms with E-state index in [0.29, 0.717) is 16.4 Å². The number of rotatable bonds is 9.